The molecule has 0 bridgehead atoms. The molecule has 4 nitrogen and oxygen atoms in total. The molecular weight excluding hydrogens is 273 g/mol. The summed E-state index contributed by atoms with van der Waals surface area (Å²) in [4.78, 5) is 9.60. The average Bonchev–Trinajstić information content (AvgIpc) is 2.42. The fourth-order valence-corrected chi connectivity index (χ4v) is 2.14. The van der Waals surface area contributed by atoms with Crippen LogP contribution in [0.2, 0.25) is 0 Å². The number of rotatable bonds is 2. The van der Waals surface area contributed by atoms with Gasteiger partial charge in [0, 0.05) is 5.56 Å². The highest BCUT2D eigenvalue weighted by atomic mass is 19.1. The molecule has 0 unspecified atom stereocenters. The van der Waals surface area contributed by atoms with Gasteiger partial charge in [0.25, 0.3) is 6.47 Å². The molecule has 1 aliphatic rings. The van der Waals surface area contributed by atoms with Gasteiger partial charge in [0.15, 0.2) is 11.6 Å². The number of carbonyl (C=O) groups excluding carboxylic acids is 1. The van der Waals surface area contributed by atoms with Crippen molar-refractivity contribution in [1.29, 1.82) is 0 Å². The van der Waals surface area contributed by atoms with Gasteiger partial charge in [0.1, 0.15) is 5.60 Å². The summed E-state index contributed by atoms with van der Waals surface area (Å²) < 4.78 is 17.6. The zero-order chi connectivity index (χ0) is 15.9. The number of hydrogen-bond acceptors (Lipinski definition) is 4. The zero-order valence-corrected chi connectivity index (χ0v) is 12.9. The zero-order valence-electron chi connectivity index (χ0n) is 12.9. The standard InChI is InChI=1S/C11H14FNO.C5H10O2/c12-10-3-1-2-9(11(10)14)8-4-6-13-7-5-8;1-5(2,3)7-4-6/h1-3,8,13-14H,4-7H2;4H,1-3H3. The number of halogens is 1. The van der Waals surface area contributed by atoms with E-state index in [1.165, 1.54) is 6.07 Å². The van der Waals surface area contributed by atoms with E-state index in [1.54, 1.807) is 6.07 Å². The van der Waals surface area contributed by atoms with E-state index < -0.39 is 5.82 Å². The van der Waals surface area contributed by atoms with Crippen molar-refractivity contribution >= 4 is 6.47 Å². The lowest BCUT2D eigenvalue weighted by Gasteiger charge is -2.23. The van der Waals surface area contributed by atoms with Gasteiger partial charge in [-0.15, -0.1) is 0 Å². The summed E-state index contributed by atoms with van der Waals surface area (Å²) in [5.74, 6) is -0.382. The fourth-order valence-electron chi connectivity index (χ4n) is 2.14. The van der Waals surface area contributed by atoms with Crippen molar-refractivity contribution in [3.05, 3.63) is 29.6 Å². The number of nitrogens with one attached hydrogen (secondary N) is 1. The van der Waals surface area contributed by atoms with E-state index in [0.29, 0.717) is 12.4 Å². The van der Waals surface area contributed by atoms with Gasteiger partial charge < -0.3 is 15.2 Å². The average molecular weight is 297 g/mol. The molecule has 1 aliphatic heterocycles. The molecule has 0 atom stereocenters. The minimum atomic E-state index is -0.513. The van der Waals surface area contributed by atoms with Crippen molar-refractivity contribution in [2.24, 2.45) is 0 Å². The quantitative estimate of drug-likeness (QED) is 0.824. The van der Waals surface area contributed by atoms with Gasteiger partial charge in [0.2, 0.25) is 0 Å². The van der Waals surface area contributed by atoms with Crippen LogP contribution in [0.5, 0.6) is 5.75 Å². The summed E-state index contributed by atoms with van der Waals surface area (Å²) >= 11 is 0. The molecule has 118 valence electrons. The third-order valence-corrected chi connectivity index (χ3v) is 3.20. The van der Waals surface area contributed by atoms with Crippen LogP contribution in [0.25, 0.3) is 0 Å². The van der Waals surface area contributed by atoms with Gasteiger partial charge in [-0.2, -0.15) is 0 Å². The summed E-state index contributed by atoms with van der Waals surface area (Å²) in [6.45, 7) is 7.81. The summed E-state index contributed by atoms with van der Waals surface area (Å²) in [5.41, 5.74) is 0.438. The number of phenols is 1. The molecule has 1 aromatic rings. The Labute approximate surface area is 125 Å². The van der Waals surface area contributed by atoms with Gasteiger partial charge in [-0.3, -0.25) is 4.79 Å². The van der Waals surface area contributed by atoms with Crippen molar-refractivity contribution < 1.29 is 19.0 Å². The van der Waals surface area contributed by atoms with E-state index in [-0.39, 0.29) is 11.4 Å². The molecule has 21 heavy (non-hydrogen) atoms. The molecule has 1 saturated heterocycles. The lowest BCUT2D eigenvalue weighted by atomic mass is 9.89. The third-order valence-electron chi connectivity index (χ3n) is 3.20. The number of aromatic hydroxyl groups is 1. The molecular formula is C16H24FNO3. The molecule has 0 amide bonds. The molecule has 0 saturated carbocycles. The largest absolute Gasteiger partial charge is 0.505 e. The fraction of sp³-hybridized carbons (Fsp3) is 0.562. The Balaban J connectivity index is 0.000000270. The number of ether oxygens (including phenoxy) is 1. The molecule has 0 aromatic heterocycles. The molecule has 5 heteroatoms. The topological polar surface area (TPSA) is 58.6 Å². The Morgan fingerprint density at radius 3 is 2.43 bits per heavy atom. The molecule has 0 spiro atoms. The Hall–Kier alpha value is -1.62. The molecule has 1 aromatic carbocycles. The summed E-state index contributed by atoms with van der Waals surface area (Å²) in [6.07, 6.45) is 1.94. The van der Waals surface area contributed by atoms with Crippen LogP contribution < -0.4 is 5.32 Å². The van der Waals surface area contributed by atoms with E-state index in [4.69, 9.17) is 0 Å². The van der Waals surface area contributed by atoms with Gasteiger partial charge >= 0.3 is 0 Å². The first-order valence-corrected chi connectivity index (χ1v) is 7.14. The Bertz CT molecular complexity index is 451. The first-order chi connectivity index (χ1) is 9.85. The van der Waals surface area contributed by atoms with E-state index in [9.17, 15) is 14.3 Å². The van der Waals surface area contributed by atoms with Crippen LogP contribution >= 0.6 is 0 Å². The number of benzene rings is 1. The van der Waals surface area contributed by atoms with E-state index in [1.807, 2.05) is 26.8 Å². The van der Waals surface area contributed by atoms with Crippen LogP contribution in [0.15, 0.2) is 18.2 Å². The predicted molar refractivity (Wildman–Crippen MR) is 79.8 cm³/mol. The second-order valence-corrected chi connectivity index (χ2v) is 6.03. The van der Waals surface area contributed by atoms with Crippen LogP contribution in [-0.2, 0) is 9.53 Å². The van der Waals surface area contributed by atoms with E-state index in [0.717, 1.165) is 31.5 Å². The van der Waals surface area contributed by atoms with Crippen LogP contribution in [0.4, 0.5) is 4.39 Å². The minimum absolute atomic E-state index is 0.167. The number of piperidine rings is 1. The van der Waals surface area contributed by atoms with Crippen molar-refractivity contribution in [3.63, 3.8) is 0 Å². The molecule has 1 fully saturated rings. The summed E-state index contributed by atoms with van der Waals surface area (Å²) in [6, 6.07) is 4.76. The van der Waals surface area contributed by atoms with Crippen molar-refractivity contribution in [3.8, 4) is 5.75 Å². The van der Waals surface area contributed by atoms with Crippen LogP contribution in [-0.4, -0.2) is 30.3 Å². The number of hydrogen-bond donors (Lipinski definition) is 2. The van der Waals surface area contributed by atoms with E-state index in [2.05, 4.69) is 10.1 Å². The maximum absolute atomic E-state index is 13.1. The lowest BCUT2D eigenvalue weighted by molar-refractivity contribution is -0.138. The predicted octanol–water partition coefficient (Wildman–Crippen LogP) is 2.96. The first-order valence-electron chi connectivity index (χ1n) is 7.14. The highest BCUT2D eigenvalue weighted by Crippen LogP contribution is 2.33. The Morgan fingerprint density at radius 2 is 1.95 bits per heavy atom. The SMILES string of the molecule is CC(C)(C)OC=O.Oc1c(F)cccc1C1CCNCC1. The van der Waals surface area contributed by atoms with Gasteiger partial charge in [-0.25, -0.2) is 4.39 Å². The molecule has 1 heterocycles. The van der Waals surface area contributed by atoms with Gasteiger partial charge in [-0.05, 0) is 58.7 Å². The second kappa shape index (κ2) is 7.98. The van der Waals surface area contributed by atoms with Crippen molar-refractivity contribution in [1.82, 2.24) is 5.32 Å². The second-order valence-electron chi connectivity index (χ2n) is 6.03. The van der Waals surface area contributed by atoms with Gasteiger partial charge in [-0.1, -0.05) is 12.1 Å². The van der Waals surface area contributed by atoms with Crippen molar-refractivity contribution in [2.75, 3.05) is 13.1 Å². The summed E-state index contributed by atoms with van der Waals surface area (Å²) in [5, 5.41) is 12.8. The Kier molecular flexibility index (Phi) is 6.62. The molecule has 2 rings (SSSR count). The maximum atomic E-state index is 13.1. The highest BCUT2D eigenvalue weighted by Gasteiger charge is 2.19. The van der Waals surface area contributed by atoms with Crippen LogP contribution in [0.1, 0.15) is 45.1 Å². The first kappa shape index (κ1) is 17.4. The van der Waals surface area contributed by atoms with Gasteiger partial charge in [0.05, 0.1) is 0 Å². The highest BCUT2D eigenvalue weighted by molar-refractivity contribution is 5.38. The molecule has 2 N–H and O–H groups in total. The van der Waals surface area contributed by atoms with Crippen LogP contribution in [0, 0.1) is 5.82 Å². The van der Waals surface area contributed by atoms with Crippen LogP contribution in [0.3, 0.4) is 0 Å². The minimum Gasteiger partial charge on any atom is -0.505 e. The molecule has 0 radical (unpaired) electrons. The number of para-hydroxylation sites is 1. The summed E-state index contributed by atoms with van der Waals surface area (Å²) in [7, 11) is 0. The maximum Gasteiger partial charge on any atom is 0.293 e. The Morgan fingerprint density at radius 1 is 1.33 bits per heavy atom. The monoisotopic (exact) mass is 297 g/mol. The van der Waals surface area contributed by atoms with E-state index >= 15 is 0 Å². The lowest BCUT2D eigenvalue weighted by Crippen LogP contribution is -2.26. The normalized spacial score (nSPS) is 15.8. The number of carbonyl (C=O) groups is 1. The third kappa shape index (κ3) is 6.12. The van der Waals surface area contributed by atoms with Crippen molar-refractivity contribution in [2.45, 2.75) is 45.1 Å². The number of phenolic OH excluding ortho intramolecular Hbond substituents is 1. The smallest absolute Gasteiger partial charge is 0.293 e. The molecule has 0 aliphatic carbocycles.